The summed E-state index contributed by atoms with van der Waals surface area (Å²) in [6, 6.07) is 6.16. The molecule has 1 amide bonds. The molecule has 28 heavy (non-hydrogen) atoms. The van der Waals surface area contributed by atoms with Crippen molar-refractivity contribution in [3.8, 4) is 11.4 Å². The molecule has 2 aromatic rings. The summed E-state index contributed by atoms with van der Waals surface area (Å²) in [6.45, 7) is -0.985. The number of nitrogens with zero attached hydrogens (tertiary/aromatic N) is 2. The topological polar surface area (TPSA) is 60.8 Å². The van der Waals surface area contributed by atoms with E-state index in [-0.39, 0.29) is 22.9 Å². The summed E-state index contributed by atoms with van der Waals surface area (Å²) in [6.07, 6.45) is -1.29. The molecule has 0 atom stereocenters. The van der Waals surface area contributed by atoms with Crippen molar-refractivity contribution in [3.05, 3.63) is 47.2 Å². The fourth-order valence-corrected chi connectivity index (χ4v) is 2.78. The number of hydrogen-bond donors (Lipinski definition) is 0. The lowest BCUT2D eigenvalue weighted by Crippen LogP contribution is -2.42. The number of esters is 1. The van der Waals surface area contributed by atoms with Crippen LogP contribution in [0.2, 0.25) is 5.02 Å². The molecule has 1 aromatic carbocycles. The molecule has 0 unspecified atom stereocenters. The van der Waals surface area contributed by atoms with E-state index >= 15 is 0 Å². The van der Waals surface area contributed by atoms with Gasteiger partial charge in [0.15, 0.2) is 0 Å². The molecule has 0 radical (unpaired) electrons. The fourth-order valence-electron chi connectivity index (χ4n) is 2.52. The van der Waals surface area contributed by atoms with E-state index in [0.717, 1.165) is 0 Å². The maximum absolute atomic E-state index is 12.9. The summed E-state index contributed by atoms with van der Waals surface area (Å²) in [5, 5.41) is 0.128. The van der Waals surface area contributed by atoms with E-state index in [1.807, 2.05) is 0 Å². The molecule has 1 aromatic heterocycles. The smallest absolute Gasteiger partial charge is 0.406 e. The highest BCUT2D eigenvalue weighted by atomic mass is 35.5. The highest BCUT2D eigenvalue weighted by Gasteiger charge is 2.35. The van der Waals surface area contributed by atoms with Crippen molar-refractivity contribution in [1.82, 2.24) is 9.47 Å². The van der Waals surface area contributed by atoms with Crippen molar-refractivity contribution in [1.29, 1.82) is 0 Å². The summed E-state index contributed by atoms with van der Waals surface area (Å²) < 4.78 is 50.3. The Labute approximate surface area is 164 Å². The lowest BCUT2D eigenvalue weighted by Gasteiger charge is -2.24. The fraction of sp³-hybridized carbons (Fsp3) is 0.333. The normalized spacial score (nSPS) is 11.2. The van der Waals surface area contributed by atoms with E-state index < -0.39 is 31.1 Å². The zero-order valence-electron chi connectivity index (χ0n) is 15.1. The van der Waals surface area contributed by atoms with Gasteiger partial charge in [-0.2, -0.15) is 13.2 Å². The molecule has 0 aliphatic heterocycles. The number of hydrogen-bond acceptors (Lipinski definition) is 4. The first-order valence-corrected chi connectivity index (χ1v) is 8.56. The van der Waals surface area contributed by atoms with Gasteiger partial charge in [-0.3, -0.25) is 9.59 Å². The molecule has 0 aliphatic rings. The van der Waals surface area contributed by atoms with Gasteiger partial charge in [0, 0.05) is 18.5 Å². The molecule has 6 nitrogen and oxygen atoms in total. The number of amides is 1. The Kier molecular flexibility index (Phi) is 6.95. The number of carbonyl (C=O) groups excluding carboxylic acids is 2. The summed E-state index contributed by atoms with van der Waals surface area (Å²) in [5.74, 6) is -1.98. The highest BCUT2D eigenvalue weighted by Crippen LogP contribution is 2.31. The lowest BCUT2D eigenvalue weighted by molar-refractivity contribution is -0.153. The summed E-state index contributed by atoms with van der Waals surface area (Å²) in [4.78, 5) is 24.8. The van der Waals surface area contributed by atoms with E-state index in [1.165, 1.54) is 26.2 Å². The molecule has 0 saturated heterocycles. The summed E-state index contributed by atoms with van der Waals surface area (Å²) >= 11 is 6.23. The Morgan fingerprint density at radius 3 is 2.39 bits per heavy atom. The van der Waals surface area contributed by atoms with Gasteiger partial charge in [-0.15, -0.1) is 0 Å². The number of carbonyl (C=O) groups is 2. The van der Waals surface area contributed by atoms with Crippen molar-refractivity contribution in [2.24, 2.45) is 0 Å². The van der Waals surface area contributed by atoms with Gasteiger partial charge in [0.25, 0.3) is 5.91 Å². The second-order valence-corrected chi connectivity index (χ2v) is 6.08. The Hall–Kier alpha value is -2.68. The summed E-state index contributed by atoms with van der Waals surface area (Å²) in [7, 11) is 1.28. The quantitative estimate of drug-likeness (QED) is 0.643. The Balaban J connectivity index is 2.42. The highest BCUT2D eigenvalue weighted by molar-refractivity contribution is 6.33. The Bertz CT molecular complexity index is 838. The van der Waals surface area contributed by atoms with Crippen molar-refractivity contribution < 1.29 is 32.2 Å². The standard InChI is InChI=1S/C18H18ClF3N2O4/c1-3-28-16(25)10-24(11-18(20,21)22)17(26)12-8-13(19)14(9-15(12)27-2)23-6-4-5-7-23/h4-9H,3,10-11H2,1-2H3. The summed E-state index contributed by atoms with van der Waals surface area (Å²) in [5.41, 5.74) is 0.282. The number of rotatable bonds is 7. The minimum absolute atomic E-state index is 0.0202. The number of aromatic nitrogens is 1. The number of halogens is 4. The zero-order chi connectivity index (χ0) is 20.9. The van der Waals surface area contributed by atoms with Crippen LogP contribution in [0.5, 0.6) is 5.75 Å². The monoisotopic (exact) mass is 418 g/mol. The van der Waals surface area contributed by atoms with Crippen LogP contribution in [0.25, 0.3) is 5.69 Å². The van der Waals surface area contributed by atoms with Crippen LogP contribution in [0.3, 0.4) is 0 Å². The molecular weight excluding hydrogens is 401 g/mol. The minimum Gasteiger partial charge on any atom is -0.496 e. The van der Waals surface area contributed by atoms with Gasteiger partial charge < -0.3 is 18.9 Å². The van der Waals surface area contributed by atoms with Crippen LogP contribution < -0.4 is 4.74 Å². The zero-order valence-corrected chi connectivity index (χ0v) is 15.9. The first-order valence-electron chi connectivity index (χ1n) is 8.18. The van der Waals surface area contributed by atoms with Crippen LogP contribution in [0.4, 0.5) is 13.2 Å². The van der Waals surface area contributed by atoms with Gasteiger partial charge >= 0.3 is 12.1 Å². The van der Waals surface area contributed by atoms with Crippen molar-refractivity contribution >= 4 is 23.5 Å². The largest absolute Gasteiger partial charge is 0.496 e. The number of alkyl halides is 3. The Morgan fingerprint density at radius 2 is 1.86 bits per heavy atom. The van der Waals surface area contributed by atoms with E-state index in [2.05, 4.69) is 4.74 Å². The molecule has 0 spiro atoms. The van der Waals surface area contributed by atoms with Crippen molar-refractivity contribution in [2.75, 3.05) is 26.8 Å². The van der Waals surface area contributed by atoms with E-state index in [9.17, 15) is 22.8 Å². The average molecular weight is 419 g/mol. The van der Waals surface area contributed by atoms with E-state index in [1.54, 1.807) is 29.1 Å². The number of ether oxygens (including phenoxy) is 2. The van der Waals surface area contributed by atoms with Gasteiger partial charge in [0.1, 0.15) is 18.8 Å². The molecule has 0 fully saturated rings. The SMILES string of the molecule is CCOC(=O)CN(CC(F)(F)F)C(=O)c1cc(Cl)c(-n2cccc2)cc1OC. The third kappa shape index (κ3) is 5.41. The van der Waals surface area contributed by atoms with E-state index in [4.69, 9.17) is 16.3 Å². The second-order valence-electron chi connectivity index (χ2n) is 5.68. The predicted molar refractivity (Wildman–Crippen MR) is 95.9 cm³/mol. The Morgan fingerprint density at radius 1 is 1.21 bits per heavy atom. The molecule has 0 bridgehead atoms. The predicted octanol–water partition coefficient (Wildman–Crippen LogP) is 3.71. The second kappa shape index (κ2) is 9.01. The maximum atomic E-state index is 12.9. The van der Waals surface area contributed by atoms with Crippen LogP contribution in [0.1, 0.15) is 17.3 Å². The van der Waals surface area contributed by atoms with Crippen molar-refractivity contribution in [2.45, 2.75) is 13.1 Å². The van der Waals surface area contributed by atoms with Crippen LogP contribution in [-0.4, -0.2) is 54.3 Å². The number of methoxy groups -OCH3 is 1. The molecule has 152 valence electrons. The first kappa shape index (κ1) is 21.6. The molecule has 0 N–H and O–H groups in total. The lowest BCUT2D eigenvalue weighted by atomic mass is 10.1. The van der Waals surface area contributed by atoms with Crippen LogP contribution in [0, 0.1) is 0 Å². The molecule has 2 rings (SSSR count). The third-order valence-corrected chi connectivity index (χ3v) is 3.97. The molecule has 0 saturated carbocycles. The van der Waals surface area contributed by atoms with Crippen LogP contribution in [0.15, 0.2) is 36.7 Å². The molecular formula is C18H18ClF3N2O4. The molecule has 1 heterocycles. The van der Waals surface area contributed by atoms with Gasteiger partial charge in [-0.1, -0.05) is 11.6 Å². The van der Waals surface area contributed by atoms with Gasteiger partial charge in [-0.25, -0.2) is 0 Å². The average Bonchev–Trinajstić information content (AvgIpc) is 3.13. The maximum Gasteiger partial charge on any atom is 0.406 e. The van der Waals surface area contributed by atoms with Crippen LogP contribution >= 0.6 is 11.6 Å². The van der Waals surface area contributed by atoms with Crippen LogP contribution in [-0.2, 0) is 9.53 Å². The third-order valence-electron chi connectivity index (χ3n) is 3.66. The number of benzene rings is 1. The van der Waals surface area contributed by atoms with E-state index in [0.29, 0.717) is 10.6 Å². The first-order chi connectivity index (χ1) is 13.2. The van der Waals surface area contributed by atoms with Crippen molar-refractivity contribution in [3.63, 3.8) is 0 Å². The van der Waals surface area contributed by atoms with Gasteiger partial charge in [0.05, 0.1) is 30.0 Å². The van der Waals surface area contributed by atoms with Gasteiger partial charge in [-0.05, 0) is 25.1 Å². The molecule has 0 aliphatic carbocycles. The minimum atomic E-state index is -4.70. The van der Waals surface area contributed by atoms with Gasteiger partial charge in [0.2, 0.25) is 0 Å². The molecule has 10 heteroatoms.